The van der Waals surface area contributed by atoms with E-state index in [1.165, 1.54) is 5.56 Å². The Morgan fingerprint density at radius 3 is 1.33 bits per heavy atom. The van der Waals surface area contributed by atoms with Gasteiger partial charge < -0.3 is 19.3 Å². The first-order valence-corrected chi connectivity index (χ1v) is 17.4. The lowest BCUT2D eigenvalue weighted by atomic mass is 9.76. The van der Waals surface area contributed by atoms with Crippen LogP contribution in [-0.4, -0.2) is 63.0 Å². The Hall–Kier alpha value is -4.26. The fraction of sp³-hybridized carbons (Fsp3) is 0.395. The number of benzene rings is 4. The highest BCUT2D eigenvalue weighted by atomic mass is 16.6. The Kier molecular flexibility index (Phi) is 15.2. The minimum atomic E-state index is -0.792. The summed E-state index contributed by atoms with van der Waals surface area (Å²) in [4.78, 5) is 28.9. The molecule has 4 aromatic rings. The van der Waals surface area contributed by atoms with Crippen LogP contribution in [0.3, 0.4) is 0 Å². The molecule has 6 nitrogen and oxygen atoms in total. The molecule has 4 aromatic carbocycles. The Morgan fingerprint density at radius 1 is 0.551 bits per heavy atom. The van der Waals surface area contributed by atoms with Gasteiger partial charge in [0.1, 0.15) is 5.60 Å². The van der Waals surface area contributed by atoms with Crippen molar-refractivity contribution >= 4 is 11.9 Å². The number of carbonyl (C=O) groups excluding carboxylic acids is 2. The molecule has 0 fully saturated rings. The van der Waals surface area contributed by atoms with Crippen LogP contribution < -0.4 is 0 Å². The molecule has 0 spiro atoms. The van der Waals surface area contributed by atoms with Crippen molar-refractivity contribution in [1.29, 1.82) is 0 Å². The van der Waals surface area contributed by atoms with Crippen LogP contribution in [0.25, 0.3) is 0 Å². The second kappa shape index (κ2) is 19.1. The van der Waals surface area contributed by atoms with Crippen molar-refractivity contribution in [1.82, 2.24) is 9.80 Å². The van der Waals surface area contributed by atoms with E-state index in [1.54, 1.807) is 0 Å². The predicted molar refractivity (Wildman–Crippen MR) is 200 cm³/mol. The third kappa shape index (κ3) is 10.6. The van der Waals surface area contributed by atoms with Crippen LogP contribution >= 0.6 is 0 Å². The number of carbonyl (C=O) groups is 2. The molecule has 4 rings (SSSR count). The highest BCUT2D eigenvalue weighted by Gasteiger charge is 2.44. The molecule has 0 saturated carbocycles. The maximum atomic E-state index is 12.3. The first-order chi connectivity index (χ1) is 23.5. The average Bonchev–Trinajstić information content (AvgIpc) is 3.11. The van der Waals surface area contributed by atoms with Crippen molar-refractivity contribution in [2.75, 3.05) is 41.3 Å². The Morgan fingerprint density at radius 2 is 0.918 bits per heavy atom. The summed E-state index contributed by atoms with van der Waals surface area (Å²) >= 11 is 0. The summed E-state index contributed by atoms with van der Waals surface area (Å²) in [5.74, 6) is -0.118. The number of hydrogen-bond acceptors (Lipinski definition) is 6. The van der Waals surface area contributed by atoms with Gasteiger partial charge in [0.15, 0.2) is 5.60 Å². The average molecular weight is 665 g/mol. The second-order valence-electron chi connectivity index (χ2n) is 13.4. The third-order valence-electron chi connectivity index (χ3n) is 8.89. The van der Waals surface area contributed by atoms with Gasteiger partial charge in [-0.15, -0.1) is 0 Å². The van der Waals surface area contributed by atoms with Crippen molar-refractivity contribution in [2.24, 2.45) is 11.8 Å². The van der Waals surface area contributed by atoms with Crippen molar-refractivity contribution < 1.29 is 19.1 Å². The predicted octanol–water partition coefficient (Wildman–Crippen LogP) is 8.36. The van der Waals surface area contributed by atoms with E-state index in [0.717, 1.165) is 29.8 Å². The van der Waals surface area contributed by atoms with Crippen molar-refractivity contribution in [3.05, 3.63) is 144 Å². The normalized spacial score (nSPS) is 13.8. The topological polar surface area (TPSA) is 59.1 Å². The molecule has 0 aliphatic rings. The molecular formula is C43H56N2O4. The van der Waals surface area contributed by atoms with E-state index in [2.05, 4.69) is 62.0 Å². The van der Waals surface area contributed by atoms with Gasteiger partial charge in [-0.1, -0.05) is 149 Å². The summed E-state index contributed by atoms with van der Waals surface area (Å²) in [6.07, 6.45) is 1.40. The molecule has 0 aliphatic carbocycles. The van der Waals surface area contributed by atoms with Gasteiger partial charge in [0.25, 0.3) is 0 Å². The SMILES string of the molecule is CCC(=O)OC(Cc1ccccc1)(c1ccccc1)C(C)CN(C)C.CCC(=O)OC(c1ccccc1)(c1ccccc1)C(C)CN(C)C. The highest BCUT2D eigenvalue weighted by Crippen LogP contribution is 2.42. The van der Waals surface area contributed by atoms with E-state index in [9.17, 15) is 9.59 Å². The summed E-state index contributed by atoms with van der Waals surface area (Å²) < 4.78 is 12.3. The number of rotatable bonds is 15. The van der Waals surface area contributed by atoms with Gasteiger partial charge in [0, 0.05) is 55.3 Å². The second-order valence-corrected chi connectivity index (χ2v) is 13.4. The molecule has 0 N–H and O–H groups in total. The van der Waals surface area contributed by atoms with Crippen LogP contribution in [0.1, 0.15) is 62.8 Å². The molecule has 0 aliphatic heterocycles. The zero-order chi connectivity index (χ0) is 35.9. The standard InChI is InChI=1S/C22H29NO2.C21H27NO2/c1-5-21(24)25-22(18(2)17-23(3)4,20-14-10-7-11-15-20)16-19-12-8-6-9-13-19;1-5-20(23)24-21(17(2)16-22(3)4,18-12-8-6-9-13-18)19-14-10-7-11-15-19/h6-15,18H,5,16-17H2,1-4H3;6-15,17H,5,16H2,1-4H3. The molecule has 6 heteroatoms. The van der Waals surface area contributed by atoms with Crippen LogP contribution in [0.4, 0.5) is 0 Å². The first kappa shape index (κ1) is 39.2. The maximum Gasteiger partial charge on any atom is 0.306 e. The molecule has 3 unspecified atom stereocenters. The van der Waals surface area contributed by atoms with Crippen LogP contribution in [-0.2, 0) is 36.7 Å². The van der Waals surface area contributed by atoms with Crippen LogP contribution in [0.2, 0.25) is 0 Å². The van der Waals surface area contributed by atoms with Gasteiger partial charge in [0.2, 0.25) is 0 Å². The minimum Gasteiger partial charge on any atom is -0.453 e. The Labute approximate surface area is 295 Å². The summed E-state index contributed by atoms with van der Waals surface area (Å²) in [5.41, 5.74) is 2.76. The molecule has 0 aromatic heterocycles. The van der Waals surface area contributed by atoms with Gasteiger partial charge in [-0.3, -0.25) is 9.59 Å². The largest absolute Gasteiger partial charge is 0.453 e. The molecule has 262 valence electrons. The third-order valence-corrected chi connectivity index (χ3v) is 8.89. The fourth-order valence-electron chi connectivity index (χ4n) is 6.60. The van der Waals surface area contributed by atoms with Gasteiger partial charge >= 0.3 is 11.9 Å². The minimum absolute atomic E-state index is 0.0906. The summed E-state index contributed by atoms with van der Waals surface area (Å²) in [5, 5.41) is 0. The summed E-state index contributed by atoms with van der Waals surface area (Å²) in [6, 6.07) is 40.5. The zero-order valence-electron chi connectivity index (χ0n) is 30.8. The Balaban J connectivity index is 0.000000266. The number of esters is 2. The molecular weight excluding hydrogens is 608 g/mol. The smallest absolute Gasteiger partial charge is 0.306 e. The van der Waals surface area contributed by atoms with E-state index >= 15 is 0 Å². The van der Waals surface area contributed by atoms with Gasteiger partial charge in [-0.25, -0.2) is 0 Å². The number of hydrogen-bond donors (Lipinski definition) is 0. The highest BCUT2D eigenvalue weighted by molar-refractivity contribution is 5.70. The molecule has 0 bridgehead atoms. The van der Waals surface area contributed by atoms with E-state index in [0.29, 0.717) is 19.3 Å². The van der Waals surface area contributed by atoms with Crippen molar-refractivity contribution in [3.8, 4) is 0 Å². The van der Waals surface area contributed by atoms with Crippen LogP contribution in [0, 0.1) is 11.8 Å². The van der Waals surface area contributed by atoms with Crippen LogP contribution in [0.5, 0.6) is 0 Å². The fourth-order valence-corrected chi connectivity index (χ4v) is 6.60. The lowest BCUT2D eigenvalue weighted by Crippen LogP contribution is -2.44. The summed E-state index contributed by atoms with van der Waals surface area (Å²) in [7, 11) is 8.19. The lowest BCUT2D eigenvalue weighted by Gasteiger charge is -2.40. The van der Waals surface area contributed by atoms with Gasteiger partial charge in [-0.2, -0.15) is 0 Å². The van der Waals surface area contributed by atoms with Gasteiger partial charge in [0.05, 0.1) is 0 Å². The number of nitrogens with zero attached hydrogens (tertiary/aromatic N) is 2. The quantitative estimate of drug-likeness (QED) is 0.119. The lowest BCUT2D eigenvalue weighted by molar-refractivity contribution is -0.168. The van der Waals surface area contributed by atoms with Crippen molar-refractivity contribution in [2.45, 2.75) is 58.2 Å². The zero-order valence-corrected chi connectivity index (χ0v) is 30.8. The van der Waals surface area contributed by atoms with E-state index in [-0.39, 0.29) is 23.8 Å². The molecule has 0 amide bonds. The molecule has 0 saturated heterocycles. The first-order valence-electron chi connectivity index (χ1n) is 17.4. The van der Waals surface area contributed by atoms with E-state index in [4.69, 9.17) is 9.47 Å². The molecule has 49 heavy (non-hydrogen) atoms. The summed E-state index contributed by atoms with van der Waals surface area (Å²) in [6.45, 7) is 9.62. The van der Waals surface area contributed by atoms with Crippen molar-refractivity contribution in [3.63, 3.8) is 0 Å². The van der Waals surface area contributed by atoms with E-state index < -0.39 is 11.2 Å². The maximum absolute atomic E-state index is 12.3. The molecule has 0 radical (unpaired) electrons. The Bertz CT molecular complexity index is 1490. The molecule has 0 heterocycles. The molecule has 3 atom stereocenters. The van der Waals surface area contributed by atoms with E-state index in [1.807, 2.05) is 125 Å². The number of ether oxygens (including phenoxy) is 2. The monoisotopic (exact) mass is 664 g/mol. The van der Waals surface area contributed by atoms with Gasteiger partial charge in [-0.05, 0) is 39.3 Å². The van der Waals surface area contributed by atoms with Crippen LogP contribution in [0.15, 0.2) is 121 Å².